The van der Waals surface area contributed by atoms with Crippen LogP contribution in [0, 0.1) is 6.92 Å². The number of benzene rings is 2. The number of pyridine rings is 1. The number of amides is 1. The summed E-state index contributed by atoms with van der Waals surface area (Å²) in [4.78, 5) is 15.9. The zero-order valence-corrected chi connectivity index (χ0v) is 15.9. The molecule has 0 spiro atoms. The largest absolute Gasteiger partial charge is 0.505 e. The first-order chi connectivity index (χ1) is 14.1. The van der Waals surface area contributed by atoms with Gasteiger partial charge in [-0.15, -0.1) is 0 Å². The standard InChI is InChI=1S/C22H21N3O4/c1-15-22(28)20(18(13-26)11-23-15)12-24-25-21(27)14-29-19-9-7-17(8-10-19)16-5-3-2-4-6-16/h2-12,26,28H,13-14H2,1H3,(H,25,27)/b24-12+. The maximum atomic E-state index is 11.9. The van der Waals surface area contributed by atoms with Crippen LogP contribution in [0.5, 0.6) is 11.5 Å². The van der Waals surface area contributed by atoms with Gasteiger partial charge in [0, 0.05) is 17.3 Å². The van der Waals surface area contributed by atoms with Gasteiger partial charge in [0.25, 0.3) is 5.91 Å². The number of nitrogens with zero attached hydrogens (tertiary/aromatic N) is 2. The number of carbonyl (C=O) groups is 1. The van der Waals surface area contributed by atoms with Gasteiger partial charge in [-0.2, -0.15) is 5.10 Å². The highest BCUT2D eigenvalue weighted by Crippen LogP contribution is 2.22. The van der Waals surface area contributed by atoms with Gasteiger partial charge in [0.15, 0.2) is 6.61 Å². The molecule has 0 atom stereocenters. The minimum Gasteiger partial charge on any atom is -0.505 e. The second-order valence-electron chi connectivity index (χ2n) is 6.26. The van der Waals surface area contributed by atoms with Crippen molar-refractivity contribution in [2.45, 2.75) is 13.5 Å². The van der Waals surface area contributed by atoms with Crippen molar-refractivity contribution >= 4 is 12.1 Å². The predicted molar refractivity (Wildman–Crippen MR) is 110 cm³/mol. The topological polar surface area (TPSA) is 104 Å². The highest BCUT2D eigenvalue weighted by atomic mass is 16.5. The minimum absolute atomic E-state index is 0.0932. The molecule has 148 valence electrons. The fraction of sp³-hybridized carbons (Fsp3) is 0.136. The Balaban J connectivity index is 1.54. The molecule has 1 aromatic heterocycles. The lowest BCUT2D eigenvalue weighted by atomic mass is 10.1. The van der Waals surface area contributed by atoms with Crippen LogP contribution < -0.4 is 10.2 Å². The van der Waals surface area contributed by atoms with E-state index < -0.39 is 5.91 Å². The van der Waals surface area contributed by atoms with Crippen LogP contribution in [0.2, 0.25) is 0 Å². The fourth-order valence-corrected chi connectivity index (χ4v) is 2.65. The Labute approximate surface area is 168 Å². The summed E-state index contributed by atoms with van der Waals surface area (Å²) >= 11 is 0. The van der Waals surface area contributed by atoms with E-state index in [0.29, 0.717) is 22.6 Å². The van der Waals surface area contributed by atoms with Crippen molar-refractivity contribution in [3.63, 3.8) is 0 Å². The number of aromatic nitrogens is 1. The Hall–Kier alpha value is -3.71. The molecular formula is C22H21N3O4. The third-order valence-corrected chi connectivity index (χ3v) is 4.24. The minimum atomic E-state index is -0.454. The van der Waals surface area contributed by atoms with E-state index in [0.717, 1.165) is 11.1 Å². The Morgan fingerprint density at radius 1 is 1.14 bits per heavy atom. The Kier molecular flexibility index (Phi) is 6.55. The summed E-state index contributed by atoms with van der Waals surface area (Å²) in [6.07, 6.45) is 2.71. The highest BCUT2D eigenvalue weighted by Gasteiger charge is 2.09. The number of aliphatic hydroxyl groups excluding tert-OH is 1. The summed E-state index contributed by atoms with van der Waals surface area (Å²) in [5.41, 5.74) is 5.59. The number of aromatic hydroxyl groups is 1. The van der Waals surface area contributed by atoms with E-state index in [1.54, 1.807) is 19.1 Å². The molecule has 0 aliphatic carbocycles. The lowest BCUT2D eigenvalue weighted by Crippen LogP contribution is -2.24. The quantitative estimate of drug-likeness (QED) is 0.424. The van der Waals surface area contributed by atoms with E-state index in [1.807, 2.05) is 42.5 Å². The molecule has 0 aliphatic rings. The zero-order chi connectivity index (χ0) is 20.6. The van der Waals surface area contributed by atoms with Crippen molar-refractivity contribution in [1.82, 2.24) is 10.4 Å². The Bertz CT molecular complexity index is 1000. The summed E-state index contributed by atoms with van der Waals surface area (Å²) in [7, 11) is 0. The van der Waals surface area contributed by atoms with Crippen LogP contribution in [0.15, 0.2) is 65.9 Å². The smallest absolute Gasteiger partial charge is 0.277 e. The van der Waals surface area contributed by atoms with Gasteiger partial charge < -0.3 is 14.9 Å². The molecule has 0 radical (unpaired) electrons. The van der Waals surface area contributed by atoms with Crippen molar-refractivity contribution in [3.05, 3.63) is 77.6 Å². The van der Waals surface area contributed by atoms with Crippen LogP contribution in [-0.4, -0.2) is 33.9 Å². The SMILES string of the molecule is Cc1ncc(CO)c(/C=N/NC(=O)COc2ccc(-c3ccccc3)cc2)c1O. The van der Waals surface area contributed by atoms with E-state index in [-0.39, 0.29) is 19.0 Å². The summed E-state index contributed by atoms with van der Waals surface area (Å²) in [6, 6.07) is 17.4. The van der Waals surface area contributed by atoms with Crippen LogP contribution >= 0.6 is 0 Å². The molecular weight excluding hydrogens is 370 g/mol. The molecule has 3 N–H and O–H groups in total. The van der Waals surface area contributed by atoms with Gasteiger partial charge in [0.05, 0.1) is 18.5 Å². The van der Waals surface area contributed by atoms with Gasteiger partial charge in [-0.3, -0.25) is 9.78 Å². The number of aryl methyl sites for hydroxylation is 1. The first kappa shape index (κ1) is 20.0. The third kappa shape index (κ3) is 5.18. The number of hydrogen-bond acceptors (Lipinski definition) is 6. The number of ether oxygens (including phenoxy) is 1. The number of carbonyl (C=O) groups excluding carboxylic acids is 1. The van der Waals surface area contributed by atoms with Gasteiger partial charge in [0.2, 0.25) is 0 Å². The summed E-state index contributed by atoms with van der Waals surface area (Å²) in [6.45, 7) is 1.11. The van der Waals surface area contributed by atoms with Crippen LogP contribution in [-0.2, 0) is 11.4 Å². The maximum absolute atomic E-state index is 11.9. The van der Waals surface area contributed by atoms with Gasteiger partial charge in [0.1, 0.15) is 11.5 Å². The second-order valence-corrected chi connectivity index (χ2v) is 6.26. The van der Waals surface area contributed by atoms with Gasteiger partial charge in [-0.25, -0.2) is 5.43 Å². The molecule has 0 aliphatic heterocycles. The number of rotatable bonds is 7. The van der Waals surface area contributed by atoms with Crippen molar-refractivity contribution in [2.75, 3.05) is 6.61 Å². The normalized spacial score (nSPS) is 10.8. The summed E-state index contributed by atoms with van der Waals surface area (Å²) in [5, 5.41) is 23.2. The van der Waals surface area contributed by atoms with Crippen molar-refractivity contribution in [3.8, 4) is 22.6 Å². The zero-order valence-electron chi connectivity index (χ0n) is 15.9. The molecule has 3 rings (SSSR count). The molecule has 1 heterocycles. The molecule has 7 heteroatoms. The predicted octanol–water partition coefficient (Wildman–Crippen LogP) is 2.78. The number of hydrazone groups is 1. The molecule has 29 heavy (non-hydrogen) atoms. The van der Waals surface area contributed by atoms with Crippen LogP contribution in [0.3, 0.4) is 0 Å². The molecule has 0 saturated heterocycles. The monoisotopic (exact) mass is 391 g/mol. The van der Waals surface area contributed by atoms with Gasteiger partial charge >= 0.3 is 0 Å². The Morgan fingerprint density at radius 2 is 1.83 bits per heavy atom. The van der Waals surface area contributed by atoms with Crippen LogP contribution in [0.4, 0.5) is 0 Å². The van der Waals surface area contributed by atoms with E-state index in [4.69, 9.17) is 4.74 Å². The van der Waals surface area contributed by atoms with Crippen LogP contribution in [0.25, 0.3) is 11.1 Å². The third-order valence-electron chi connectivity index (χ3n) is 4.24. The second kappa shape index (κ2) is 9.48. The van der Waals surface area contributed by atoms with E-state index in [2.05, 4.69) is 15.5 Å². The molecule has 0 unspecified atom stereocenters. The van der Waals surface area contributed by atoms with E-state index >= 15 is 0 Å². The van der Waals surface area contributed by atoms with Crippen molar-refractivity contribution in [1.29, 1.82) is 0 Å². The lowest BCUT2D eigenvalue weighted by molar-refractivity contribution is -0.123. The molecule has 0 bridgehead atoms. The first-order valence-corrected chi connectivity index (χ1v) is 8.97. The summed E-state index contributed by atoms with van der Waals surface area (Å²) < 4.78 is 5.46. The maximum Gasteiger partial charge on any atom is 0.277 e. The molecule has 0 saturated carbocycles. The van der Waals surface area contributed by atoms with E-state index in [1.165, 1.54) is 12.4 Å². The van der Waals surface area contributed by atoms with Gasteiger partial charge in [-0.05, 0) is 30.2 Å². The highest BCUT2D eigenvalue weighted by molar-refractivity contribution is 5.87. The van der Waals surface area contributed by atoms with Crippen molar-refractivity contribution in [2.24, 2.45) is 5.10 Å². The number of nitrogens with one attached hydrogen (secondary N) is 1. The number of hydrogen-bond donors (Lipinski definition) is 3. The molecule has 7 nitrogen and oxygen atoms in total. The lowest BCUT2D eigenvalue weighted by Gasteiger charge is -2.08. The summed E-state index contributed by atoms with van der Waals surface area (Å²) in [5.74, 6) is 0.0160. The fourth-order valence-electron chi connectivity index (χ4n) is 2.65. The molecule has 3 aromatic rings. The van der Waals surface area contributed by atoms with Gasteiger partial charge in [-0.1, -0.05) is 42.5 Å². The average molecular weight is 391 g/mol. The van der Waals surface area contributed by atoms with E-state index in [9.17, 15) is 15.0 Å². The molecule has 2 aromatic carbocycles. The number of aliphatic hydroxyl groups is 1. The average Bonchev–Trinajstić information content (AvgIpc) is 2.76. The van der Waals surface area contributed by atoms with Crippen molar-refractivity contribution < 1.29 is 19.7 Å². The molecule has 0 fully saturated rings. The molecule has 1 amide bonds. The first-order valence-electron chi connectivity index (χ1n) is 8.97. The Morgan fingerprint density at radius 3 is 2.52 bits per heavy atom. The van der Waals surface area contributed by atoms with Crippen LogP contribution in [0.1, 0.15) is 16.8 Å².